The molecule has 0 heterocycles. The van der Waals surface area contributed by atoms with Gasteiger partial charge in [-0.15, -0.1) is 0 Å². The van der Waals surface area contributed by atoms with Gasteiger partial charge in [-0.05, 0) is 24.8 Å². The van der Waals surface area contributed by atoms with Crippen molar-refractivity contribution in [1.29, 1.82) is 0 Å². The topological polar surface area (TPSA) is 47.3 Å². The molecule has 0 aliphatic heterocycles. The average Bonchev–Trinajstić information content (AvgIpc) is 2.26. The fraction of sp³-hybridized carbons (Fsp3) is 0.538. The molecule has 0 fully saturated rings. The Morgan fingerprint density at radius 1 is 1.44 bits per heavy atom. The van der Waals surface area contributed by atoms with Crippen molar-refractivity contribution in [3.8, 4) is 0 Å². The lowest BCUT2D eigenvalue weighted by molar-refractivity contribution is 0.149. The van der Waals surface area contributed by atoms with Gasteiger partial charge in [0.2, 0.25) is 0 Å². The summed E-state index contributed by atoms with van der Waals surface area (Å²) < 4.78 is 5.14. The molecule has 2 atom stereocenters. The molecule has 0 aromatic heterocycles. The first-order chi connectivity index (χ1) is 7.67. The summed E-state index contributed by atoms with van der Waals surface area (Å²) in [7, 11) is 1.73. The molecule has 3 N–H and O–H groups in total. The van der Waals surface area contributed by atoms with Crippen LogP contribution in [0.25, 0.3) is 0 Å². The van der Waals surface area contributed by atoms with E-state index in [4.69, 9.17) is 10.6 Å². The van der Waals surface area contributed by atoms with Gasteiger partial charge in [0.15, 0.2) is 0 Å². The third kappa shape index (κ3) is 3.93. The molecule has 3 heteroatoms. The summed E-state index contributed by atoms with van der Waals surface area (Å²) in [5.41, 5.74) is 5.38. The van der Waals surface area contributed by atoms with Crippen LogP contribution in [0.1, 0.15) is 30.5 Å². The fourth-order valence-corrected chi connectivity index (χ4v) is 1.94. The van der Waals surface area contributed by atoms with E-state index >= 15 is 0 Å². The van der Waals surface area contributed by atoms with Crippen LogP contribution >= 0.6 is 0 Å². The Morgan fingerprint density at radius 3 is 2.75 bits per heavy atom. The number of methoxy groups -OCH3 is 1. The first-order valence-electron chi connectivity index (χ1n) is 5.69. The number of hydrazine groups is 1. The lowest BCUT2D eigenvalue weighted by atomic mass is 9.96. The van der Waals surface area contributed by atoms with Gasteiger partial charge < -0.3 is 4.74 Å². The number of ether oxygens (including phenoxy) is 1. The van der Waals surface area contributed by atoms with Crippen molar-refractivity contribution in [2.45, 2.75) is 26.3 Å². The van der Waals surface area contributed by atoms with Gasteiger partial charge in [0.05, 0.1) is 0 Å². The standard InChI is InChI=1S/C13H22N2O/c1-10-5-4-6-12(7-10)13(15-14)8-11(2)9-16-3/h4-7,11,13,15H,8-9,14H2,1-3H3. The first-order valence-corrected chi connectivity index (χ1v) is 5.69. The predicted octanol–water partition coefficient (Wildman–Crippen LogP) is 2.17. The Balaban J connectivity index is 2.67. The van der Waals surface area contributed by atoms with Crippen LogP contribution in [-0.2, 0) is 4.74 Å². The zero-order valence-corrected chi connectivity index (χ0v) is 10.4. The number of hydrogen-bond acceptors (Lipinski definition) is 3. The molecule has 0 spiro atoms. The molecule has 16 heavy (non-hydrogen) atoms. The van der Waals surface area contributed by atoms with Gasteiger partial charge in [0.25, 0.3) is 0 Å². The van der Waals surface area contributed by atoms with E-state index in [9.17, 15) is 0 Å². The highest BCUT2D eigenvalue weighted by Gasteiger charge is 2.13. The van der Waals surface area contributed by atoms with E-state index in [2.05, 4.69) is 43.5 Å². The monoisotopic (exact) mass is 222 g/mol. The molecular weight excluding hydrogens is 200 g/mol. The first kappa shape index (κ1) is 13.2. The molecule has 3 nitrogen and oxygen atoms in total. The van der Waals surface area contributed by atoms with E-state index in [0.29, 0.717) is 5.92 Å². The van der Waals surface area contributed by atoms with Gasteiger partial charge in [-0.3, -0.25) is 11.3 Å². The predicted molar refractivity (Wildman–Crippen MR) is 66.9 cm³/mol. The van der Waals surface area contributed by atoms with Crippen LogP contribution in [0.3, 0.4) is 0 Å². The van der Waals surface area contributed by atoms with Crippen molar-refractivity contribution >= 4 is 0 Å². The number of nitrogens with two attached hydrogens (primary N) is 1. The van der Waals surface area contributed by atoms with Crippen LogP contribution in [0.5, 0.6) is 0 Å². The van der Waals surface area contributed by atoms with Crippen molar-refractivity contribution in [3.05, 3.63) is 35.4 Å². The van der Waals surface area contributed by atoms with Crippen LogP contribution in [0.4, 0.5) is 0 Å². The lowest BCUT2D eigenvalue weighted by Crippen LogP contribution is -2.30. The number of rotatable bonds is 6. The molecule has 0 radical (unpaired) electrons. The third-order valence-corrected chi connectivity index (χ3v) is 2.73. The minimum atomic E-state index is 0.199. The zero-order chi connectivity index (χ0) is 12.0. The van der Waals surface area contributed by atoms with Crippen LogP contribution in [-0.4, -0.2) is 13.7 Å². The summed E-state index contributed by atoms with van der Waals surface area (Å²) in [5.74, 6) is 6.10. The zero-order valence-electron chi connectivity index (χ0n) is 10.4. The highest BCUT2D eigenvalue weighted by atomic mass is 16.5. The second-order valence-corrected chi connectivity index (χ2v) is 4.43. The summed E-state index contributed by atoms with van der Waals surface area (Å²) >= 11 is 0. The molecule has 1 aromatic carbocycles. The number of nitrogens with one attached hydrogen (secondary N) is 1. The maximum atomic E-state index is 5.61. The molecule has 1 rings (SSSR count). The highest BCUT2D eigenvalue weighted by Crippen LogP contribution is 2.21. The molecule has 0 saturated carbocycles. The maximum Gasteiger partial charge on any atom is 0.0488 e. The minimum Gasteiger partial charge on any atom is -0.384 e. The van der Waals surface area contributed by atoms with Crippen molar-refractivity contribution in [3.63, 3.8) is 0 Å². The van der Waals surface area contributed by atoms with Crippen LogP contribution in [0.15, 0.2) is 24.3 Å². The quantitative estimate of drug-likeness (QED) is 0.573. The molecule has 0 aliphatic carbocycles. The molecule has 2 unspecified atom stereocenters. The van der Waals surface area contributed by atoms with Gasteiger partial charge in [-0.2, -0.15) is 0 Å². The normalized spacial score (nSPS) is 14.8. The number of benzene rings is 1. The van der Waals surface area contributed by atoms with Gasteiger partial charge >= 0.3 is 0 Å². The molecule has 0 bridgehead atoms. The van der Waals surface area contributed by atoms with Crippen LogP contribution < -0.4 is 11.3 Å². The largest absolute Gasteiger partial charge is 0.384 e. The van der Waals surface area contributed by atoms with Crippen molar-refractivity contribution < 1.29 is 4.74 Å². The summed E-state index contributed by atoms with van der Waals surface area (Å²) in [4.78, 5) is 0. The number of hydrogen-bond donors (Lipinski definition) is 2. The summed E-state index contributed by atoms with van der Waals surface area (Å²) in [5, 5.41) is 0. The van der Waals surface area contributed by atoms with Gasteiger partial charge in [-0.1, -0.05) is 36.8 Å². The smallest absolute Gasteiger partial charge is 0.0488 e. The van der Waals surface area contributed by atoms with E-state index in [1.54, 1.807) is 7.11 Å². The molecular formula is C13H22N2O. The van der Waals surface area contributed by atoms with Crippen LogP contribution in [0, 0.1) is 12.8 Å². The Bertz CT molecular complexity index is 315. The number of aryl methyl sites for hydroxylation is 1. The lowest BCUT2D eigenvalue weighted by Gasteiger charge is -2.20. The third-order valence-electron chi connectivity index (χ3n) is 2.73. The SMILES string of the molecule is COCC(C)CC(NN)c1cccc(C)c1. The molecule has 0 saturated heterocycles. The van der Waals surface area contributed by atoms with Gasteiger partial charge in [-0.25, -0.2) is 0 Å². The molecule has 90 valence electrons. The van der Waals surface area contributed by atoms with Gasteiger partial charge in [0.1, 0.15) is 0 Å². The summed E-state index contributed by atoms with van der Waals surface area (Å²) in [6, 6.07) is 8.64. The van der Waals surface area contributed by atoms with E-state index in [1.165, 1.54) is 11.1 Å². The average molecular weight is 222 g/mol. The van der Waals surface area contributed by atoms with E-state index < -0.39 is 0 Å². The Labute approximate surface area is 98.0 Å². The molecule has 0 aliphatic rings. The van der Waals surface area contributed by atoms with E-state index in [0.717, 1.165) is 13.0 Å². The fourth-order valence-electron chi connectivity index (χ4n) is 1.94. The molecule has 0 amide bonds. The molecule has 1 aromatic rings. The van der Waals surface area contributed by atoms with Crippen molar-refractivity contribution in [2.24, 2.45) is 11.8 Å². The van der Waals surface area contributed by atoms with E-state index in [1.807, 2.05) is 0 Å². The maximum absolute atomic E-state index is 5.61. The second kappa shape index (κ2) is 6.63. The van der Waals surface area contributed by atoms with Crippen molar-refractivity contribution in [2.75, 3.05) is 13.7 Å². The van der Waals surface area contributed by atoms with Crippen molar-refractivity contribution in [1.82, 2.24) is 5.43 Å². The Hall–Kier alpha value is -0.900. The van der Waals surface area contributed by atoms with Crippen LogP contribution in [0.2, 0.25) is 0 Å². The summed E-state index contributed by atoms with van der Waals surface area (Å²) in [6.45, 7) is 5.03. The second-order valence-electron chi connectivity index (χ2n) is 4.43. The Morgan fingerprint density at radius 2 is 2.19 bits per heavy atom. The summed E-state index contributed by atoms with van der Waals surface area (Å²) in [6.07, 6.45) is 0.980. The van der Waals surface area contributed by atoms with E-state index in [-0.39, 0.29) is 6.04 Å². The minimum absolute atomic E-state index is 0.199. The highest BCUT2D eigenvalue weighted by molar-refractivity contribution is 5.24. The van der Waals surface area contributed by atoms with Gasteiger partial charge in [0, 0.05) is 19.8 Å². The Kier molecular flexibility index (Phi) is 5.46.